The standard InChI is InChI=1S/C14H16ClNO/c1-3-16-10(2)12-7-6-11(9-13(12)15)14-5-4-8-17-14/h4-10,16H,3H2,1-2H3. The molecule has 1 heterocycles. The van der Waals surface area contributed by atoms with Crippen molar-refractivity contribution in [2.75, 3.05) is 6.54 Å². The number of benzene rings is 1. The Hall–Kier alpha value is -1.25. The first-order valence-electron chi connectivity index (χ1n) is 5.79. The molecule has 1 aromatic heterocycles. The molecule has 0 radical (unpaired) electrons. The zero-order chi connectivity index (χ0) is 12.3. The summed E-state index contributed by atoms with van der Waals surface area (Å²) in [6.45, 7) is 5.12. The van der Waals surface area contributed by atoms with E-state index in [0.717, 1.165) is 28.5 Å². The summed E-state index contributed by atoms with van der Waals surface area (Å²) >= 11 is 6.30. The van der Waals surface area contributed by atoms with E-state index in [9.17, 15) is 0 Å². The van der Waals surface area contributed by atoms with Gasteiger partial charge in [-0.15, -0.1) is 0 Å². The number of hydrogen-bond donors (Lipinski definition) is 1. The summed E-state index contributed by atoms with van der Waals surface area (Å²) in [7, 11) is 0. The van der Waals surface area contributed by atoms with Crippen LogP contribution < -0.4 is 5.32 Å². The van der Waals surface area contributed by atoms with Crippen molar-refractivity contribution in [1.82, 2.24) is 5.32 Å². The van der Waals surface area contributed by atoms with E-state index in [1.165, 1.54) is 0 Å². The Balaban J connectivity index is 2.29. The highest BCUT2D eigenvalue weighted by Gasteiger charge is 2.10. The summed E-state index contributed by atoms with van der Waals surface area (Å²) < 4.78 is 5.35. The summed E-state index contributed by atoms with van der Waals surface area (Å²) in [6, 6.07) is 10.1. The van der Waals surface area contributed by atoms with Gasteiger partial charge in [0, 0.05) is 16.6 Å². The SMILES string of the molecule is CCNC(C)c1ccc(-c2ccco2)cc1Cl. The van der Waals surface area contributed by atoms with E-state index in [2.05, 4.69) is 19.2 Å². The average Bonchev–Trinajstić information content (AvgIpc) is 2.82. The maximum absolute atomic E-state index is 6.30. The second-order valence-electron chi connectivity index (χ2n) is 3.99. The van der Waals surface area contributed by atoms with Crippen molar-refractivity contribution in [2.45, 2.75) is 19.9 Å². The number of rotatable bonds is 4. The van der Waals surface area contributed by atoms with Crippen LogP contribution in [-0.4, -0.2) is 6.54 Å². The molecule has 2 aromatic rings. The summed E-state index contributed by atoms with van der Waals surface area (Å²) in [5.74, 6) is 0.842. The highest BCUT2D eigenvalue weighted by Crippen LogP contribution is 2.29. The highest BCUT2D eigenvalue weighted by atomic mass is 35.5. The molecule has 17 heavy (non-hydrogen) atoms. The van der Waals surface area contributed by atoms with Crippen molar-refractivity contribution in [3.05, 3.63) is 47.2 Å². The van der Waals surface area contributed by atoms with Gasteiger partial charge in [-0.1, -0.05) is 30.7 Å². The Bertz CT molecular complexity index is 479. The van der Waals surface area contributed by atoms with E-state index in [-0.39, 0.29) is 6.04 Å². The molecule has 0 aliphatic carbocycles. The molecule has 2 nitrogen and oxygen atoms in total. The fourth-order valence-corrected chi connectivity index (χ4v) is 2.23. The van der Waals surface area contributed by atoms with Gasteiger partial charge in [0.15, 0.2) is 0 Å². The normalized spacial score (nSPS) is 12.6. The molecule has 0 bridgehead atoms. The maximum atomic E-state index is 6.30. The quantitative estimate of drug-likeness (QED) is 0.875. The molecule has 0 spiro atoms. The molecule has 0 aliphatic rings. The summed E-state index contributed by atoms with van der Waals surface area (Å²) in [4.78, 5) is 0. The van der Waals surface area contributed by atoms with Crippen molar-refractivity contribution in [1.29, 1.82) is 0 Å². The minimum Gasteiger partial charge on any atom is -0.464 e. The van der Waals surface area contributed by atoms with Crippen LogP contribution in [0.5, 0.6) is 0 Å². The van der Waals surface area contributed by atoms with Crippen LogP contribution in [0.15, 0.2) is 41.0 Å². The topological polar surface area (TPSA) is 25.2 Å². The number of nitrogens with one attached hydrogen (secondary N) is 1. The maximum Gasteiger partial charge on any atom is 0.133 e. The zero-order valence-electron chi connectivity index (χ0n) is 10.0. The molecule has 1 atom stereocenters. The highest BCUT2D eigenvalue weighted by molar-refractivity contribution is 6.31. The summed E-state index contributed by atoms with van der Waals surface area (Å²) in [6.07, 6.45) is 1.67. The van der Waals surface area contributed by atoms with Crippen molar-refractivity contribution in [2.24, 2.45) is 0 Å². The van der Waals surface area contributed by atoms with Crippen LogP contribution in [0.25, 0.3) is 11.3 Å². The van der Waals surface area contributed by atoms with Gasteiger partial charge in [-0.2, -0.15) is 0 Å². The Morgan fingerprint density at radius 1 is 1.35 bits per heavy atom. The Labute approximate surface area is 107 Å². The molecule has 0 aliphatic heterocycles. The second kappa shape index (κ2) is 5.39. The number of hydrogen-bond acceptors (Lipinski definition) is 2. The van der Waals surface area contributed by atoms with Gasteiger partial charge in [-0.3, -0.25) is 0 Å². The predicted octanol–water partition coefficient (Wildman–Crippen LogP) is 4.27. The van der Waals surface area contributed by atoms with Crippen LogP contribution >= 0.6 is 11.6 Å². The van der Waals surface area contributed by atoms with Gasteiger partial charge in [-0.05, 0) is 37.2 Å². The van der Waals surface area contributed by atoms with E-state index in [0.29, 0.717) is 0 Å². The predicted molar refractivity (Wildman–Crippen MR) is 71.2 cm³/mol. The van der Waals surface area contributed by atoms with Crippen molar-refractivity contribution in [3.63, 3.8) is 0 Å². The Morgan fingerprint density at radius 3 is 2.76 bits per heavy atom. The van der Waals surface area contributed by atoms with Crippen LogP contribution in [0, 0.1) is 0 Å². The lowest BCUT2D eigenvalue weighted by atomic mass is 10.0. The largest absolute Gasteiger partial charge is 0.464 e. The molecule has 3 heteroatoms. The lowest BCUT2D eigenvalue weighted by Crippen LogP contribution is -2.17. The molecule has 0 saturated carbocycles. The molecule has 0 fully saturated rings. The first kappa shape index (κ1) is 12.2. The van der Waals surface area contributed by atoms with Crippen LogP contribution in [0.1, 0.15) is 25.5 Å². The average molecular weight is 250 g/mol. The van der Waals surface area contributed by atoms with E-state index in [1.807, 2.05) is 30.3 Å². The Morgan fingerprint density at radius 2 is 2.18 bits per heavy atom. The Kier molecular flexibility index (Phi) is 3.87. The lowest BCUT2D eigenvalue weighted by Gasteiger charge is -2.14. The second-order valence-corrected chi connectivity index (χ2v) is 4.40. The minimum absolute atomic E-state index is 0.262. The third-order valence-electron chi connectivity index (χ3n) is 2.78. The molecular weight excluding hydrogens is 234 g/mol. The molecular formula is C14H16ClNO. The van der Waals surface area contributed by atoms with Crippen LogP contribution in [0.4, 0.5) is 0 Å². The molecule has 0 saturated heterocycles. The first-order valence-corrected chi connectivity index (χ1v) is 6.17. The number of halogens is 1. The third-order valence-corrected chi connectivity index (χ3v) is 3.11. The third kappa shape index (κ3) is 2.71. The van der Waals surface area contributed by atoms with E-state index < -0.39 is 0 Å². The monoisotopic (exact) mass is 249 g/mol. The molecule has 90 valence electrons. The minimum atomic E-state index is 0.262. The molecule has 2 rings (SSSR count). The van der Waals surface area contributed by atoms with E-state index in [1.54, 1.807) is 6.26 Å². The first-order chi connectivity index (χ1) is 8.22. The van der Waals surface area contributed by atoms with Gasteiger partial charge in [0.2, 0.25) is 0 Å². The van der Waals surface area contributed by atoms with Gasteiger partial charge in [0.25, 0.3) is 0 Å². The van der Waals surface area contributed by atoms with Gasteiger partial charge >= 0.3 is 0 Å². The lowest BCUT2D eigenvalue weighted by molar-refractivity contribution is 0.581. The molecule has 1 unspecified atom stereocenters. The van der Waals surface area contributed by atoms with Gasteiger partial charge in [-0.25, -0.2) is 0 Å². The van der Waals surface area contributed by atoms with E-state index >= 15 is 0 Å². The van der Waals surface area contributed by atoms with Crippen molar-refractivity contribution < 1.29 is 4.42 Å². The van der Waals surface area contributed by atoms with Crippen LogP contribution in [0.3, 0.4) is 0 Å². The fraction of sp³-hybridized carbons (Fsp3) is 0.286. The summed E-state index contributed by atoms with van der Waals surface area (Å²) in [5, 5.41) is 4.12. The molecule has 1 N–H and O–H groups in total. The smallest absolute Gasteiger partial charge is 0.133 e. The van der Waals surface area contributed by atoms with Gasteiger partial charge in [0.1, 0.15) is 5.76 Å². The van der Waals surface area contributed by atoms with Crippen molar-refractivity contribution >= 4 is 11.6 Å². The molecule has 0 amide bonds. The van der Waals surface area contributed by atoms with Gasteiger partial charge in [0.05, 0.1) is 6.26 Å². The number of furan rings is 1. The van der Waals surface area contributed by atoms with Gasteiger partial charge < -0.3 is 9.73 Å². The van der Waals surface area contributed by atoms with Crippen LogP contribution in [-0.2, 0) is 0 Å². The zero-order valence-corrected chi connectivity index (χ0v) is 10.8. The van der Waals surface area contributed by atoms with Crippen LogP contribution in [0.2, 0.25) is 5.02 Å². The summed E-state index contributed by atoms with van der Waals surface area (Å²) in [5.41, 5.74) is 2.12. The van der Waals surface area contributed by atoms with Crippen molar-refractivity contribution in [3.8, 4) is 11.3 Å². The van der Waals surface area contributed by atoms with E-state index in [4.69, 9.17) is 16.0 Å². The molecule has 1 aromatic carbocycles. The fourth-order valence-electron chi connectivity index (χ4n) is 1.89.